The predicted molar refractivity (Wildman–Crippen MR) is 137 cm³/mol. The SMILES string of the molecule is CC(C)CNCc1cc2c(c(C(F)F)c1)CN(c1cccc(C3(c4nncn4C)CC(OC(F)F)C3)c1)C2=O. The molecule has 1 saturated carbocycles. The van der Waals surface area contributed by atoms with Crippen molar-refractivity contribution in [2.24, 2.45) is 13.0 Å². The molecular formula is C28H31F4N5O2. The molecule has 0 bridgehead atoms. The van der Waals surface area contributed by atoms with Crippen molar-refractivity contribution in [1.29, 1.82) is 0 Å². The zero-order valence-electron chi connectivity index (χ0n) is 22.0. The van der Waals surface area contributed by atoms with E-state index >= 15 is 0 Å². The maximum atomic E-state index is 14.1. The highest BCUT2D eigenvalue weighted by Gasteiger charge is 2.51. The van der Waals surface area contributed by atoms with Gasteiger partial charge in [-0.1, -0.05) is 26.0 Å². The zero-order valence-corrected chi connectivity index (χ0v) is 22.0. The first kappa shape index (κ1) is 27.3. The Hall–Kier alpha value is -3.31. The van der Waals surface area contributed by atoms with Crippen LogP contribution in [0.2, 0.25) is 0 Å². The molecule has 0 saturated heterocycles. The molecule has 0 unspecified atom stereocenters. The monoisotopic (exact) mass is 545 g/mol. The summed E-state index contributed by atoms with van der Waals surface area (Å²) in [6.07, 6.45) is -1.29. The number of benzene rings is 2. The number of ether oxygens (including phenoxy) is 1. The first-order valence-corrected chi connectivity index (χ1v) is 12.9. The third-order valence-corrected chi connectivity index (χ3v) is 7.55. The summed E-state index contributed by atoms with van der Waals surface area (Å²) in [6.45, 7) is 2.36. The third-order valence-electron chi connectivity index (χ3n) is 7.55. The van der Waals surface area contributed by atoms with E-state index in [1.165, 1.54) is 11.0 Å². The Bertz CT molecular complexity index is 1350. The fraction of sp³-hybridized carbons (Fsp3) is 0.464. The number of aromatic nitrogens is 3. The highest BCUT2D eigenvalue weighted by atomic mass is 19.3. The van der Waals surface area contributed by atoms with Crippen molar-refractivity contribution in [3.05, 3.63) is 76.4 Å². The second kappa shape index (κ2) is 10.7. The maximum Gasteiger partial charge on any atom is 0.345 e. The Labute approximate surface area is 224 Å². The number of amides is 1. The van der Waals surface area contributed by atoms with Crippen molar-refractivity contribution < 1.29 is 27.1 Å². The number of carbonyl (C=O) groups excluding carboxylic acids is 1. The highest BCUT2D eigenvalue weighted by Crippen LogP contribution is 2.50. The summed E-state index contributed by atoms with van der Waals surface area (Å²) in [5, 5.41) is 11.5. The lowest BCUT2D eigenvalue weighted by Gasteiger charge is -2.46. The van der Waals surface area contributed by atoms with Crippen molar-refractivity contribution in [1.82, 2.24) is 20.1 Å². The topological polar surface area (TPSA) is 72.3 Å². The molecule has 1 N–H and O–H groups in total. The minimum absolute atomic E-state index is 0.0189. The van der Waals surface area contributed by atoms with Gasteiger partial charge >= 0.3 is 6.61 Å². The molecule has 1 fully saturated rings. The highest BCUT2D eigenvalue weighted by molar-refractivity contribution is 6.10. The lowest BCUT2D eigenvalue weighted by Crippen LogP contribution is -2.49. The van der Waals surface area contributed by atoms with Gasteiger partial charge in [-0.05, 0) is 66.3 Å². The number of hydrogen-bond donors (Lipinski definition) is 1. The van der Waals surface area contributed by atoms with Crippen LogP contribution in [-0.4, -0.2) is 39.9 Å². The maximum absolute atomic E-state index is 14.1. The fourth-order valence-corrected chi connectivity index (χ4v) is 5.70. The van der Waals surface area contributed by atoms with E-state index in [0.29, 0.717) is 35.1 Å². The number of halogens is 4. The molecule has 11 heteroatoms. The van der Waals surface area contributed by atoms with E-state index < -0.39 is 24.6 Å². The number of nitrogens with one attached hydrogen (secondary N) is 1. The van der Waals surface area contributed by atoms with E-state index in [1.54, 1.807) is 36.1 Å². The number of nitrogens with zero attached hydrogens (tertiary/aromatic N) is 4. The molecule has 1 aliphatic heterocycles. The van der Waals surface area contributed by atoms with Crippen LogP contribution < -0.4 is 10.2 Å². The molecule has 39 heavy (non-hydrogen) atoms. The Balaban J connectivity index is 1.46. The first-order valence-electron chi connectivity index (χ1n) is 12.9. The fourth-order valence-electron chi connectivity index (χ4n) is 5.70. The van der Waals surface area contributed by atoms with Crippen LogP contribution in [0.25, 0.3) is 0 Å². The van der Waals surface area contributed by atoms with Crippen molar-refractivity contribution in [3.8, 4) is 0 Å². The quantitative estimate of drug-likeness (QED) is 0.348. The third kappa shape index (κ3) is 5.17. The van der Waals surface area contributed by atoms with Crippen molar-refractivity contribution in [3.63, 3.8) is 0 Å². The first-order chi connectivity index (χ1) is 18.6. The van der Waals surface area contributed by atoms with Crippen LogP contribution in [0.1, 0.15) is 71.6 Å². The van der Waals surface area contributed by atoms with Gasteiger partial charge in [0.2, 0.25) is 0 Å². The summed E-state index contributed by atoms with van der Waals surface area (Å²) < 4.78 is 60.4. The number of carbonyl (C=O) groups is 1. The van der Waals surface area contributed by atoms with Gasteiger partial charge in [-0.3, -0.25) is 4.79 Å². The molecule has 5 rings (SSSR count). The Morgan fingerprint density at radius 3 is 2.56 bits per heavy atom. The number of aryl methyl sites for hydroxylation is 1. The number of hydrogen-bond acceptors (Lipinski definition) is 5. The Morgan fingerprint density at radius 2 is 1.92 bits per heavy atom. The second-order valence-electron chi connectivity index (χ2n) is 10.8. The molecular weight excluding hydrogens is 514 g/mol. The lowest BCUT2D eigenvalue weighted by atomic mass is 9.62. The van der Waals surface area contributed by atoms with E-state index in [-0.39, 0.29) is 36.4 Å². The molecule has 2 aliphatic rings. The molecule has 1 aromatic heterocycles. The van der Waals surface area contributed by atoms with Crippen LogP contribution in [-0.2, 0) is 30.3 Å². The molecule has 7 nitrogen and oxygen atoms in total. The van der Waals surface area contributed by atoms with Crippen molar-refractivity contribution >= 4 is 11.6 Å². The molecule has 2 aromatic carbocycles. The van der Waals surface area contributed by atoms with Crippen molar-refractivity contribution in [2.75, 3.05) is 11.4 Å². The Kier molecular flexibility index (Phi) is 7.47. The molecule has 0 atom stereocenters. The minimum atomic E-state index is -2.88. The van der Waals surface area contributed by atoms with Crippen LogP contribution in [0.3, 0.4) is 0 Å². The summed E-state index contributed by atoms with van der Waals surface area (Å²) in [6, 6.07) is 10.4. The van der Waals surface area contributed by atoms with Crippen LogP contribution in [0.5, 0.6) is 0 Å². The van der Waals surface area contributed by atoms with Gasteiger partial charge in [0, 0.05) is 30.4 Å². The van der Waals surface area contributed by atoms with E-state index in [1.807, 2.05) is 12.1 Å². The van der Waals surface area contributed by atoms with E-state index in [2.05, 4.69) is 29.4 Å². The van der Waals surface area contributed by atoms with Gasteiger partial charge in [-0.2, -0.15) is 8.78 Å². The van der Waals surface area contributed by atoms with E-state index in [4.69, 9.17) is 4.74 Å². The molecule has 0 radical (unpaired) electrons. The van der Waals surface area contributed by atoms with Crippen LogP contribution in [0.15, 0.2) is 42.7 Å². The predicted octanol–water partition coefficient (Wildman–Crippen LogP) is 5.35. The Morgan fingerprint density at radius 1 is 1.15 bits per heavy atom. The summed E-state index contributed by atoms with van der Waals surface area (Å²) >= 11 is 0. The van der Waals surface area contributed by atoms with Gasteiger partial charge in [-0.25, -0.2) is 8.78 Å². The lowest BCUT2D eigenvalue weighted by molar-refractivity contribution is -0.192. The molecule has 0 spiro atoms. The molecule has 1 aliphatic carbocycles. The minimum Gasteiger partial charge on any atom is -0.320 e. The van der Waals surface area contributed by atoms with Gasteiger partial charge in [0.15, 0.2) is 0 Å². The standard InChI is InChI=1S/C28H31F4N5O2/c1-16(2)12-33-13-17-7-21(24(29)30)23-14-37(25(38)22(23)8-17)19-6-4-5-18(9-19)28(26-35-34-15-36(26)3)10-20(11-28)39-27(31)32/h4-9,15-16,20,24,27,33H,10-14H2,1-3H3. The number of rotatable bonds is 10. The smallest absolute Gasteiger partial charge is 0.320 e. The zero-order chi connectivity index (χ0) is 27.9. The molecule has 2 heterocycles. The number of anilines is 1. The summed E-state index contributed by atoms with van der Waals surface area (Å²) in [4.78, 5) is 15.0. The average Bonchev–Trinajstić information content (AvgIpc) is 3.43. The molecule has 208 valence electrons. The summed E-state index contributed by atoms with van der Waals surface area (Å²) in [7, 11) is 1.78. The van der Waals surface area contributed by atoms with Crippen LogP contribution >= 0.6 is 0 Å². The van der Waals surface area contributed by atoms with Crippen molar-refractivity contribution in [2.45, 2.75) is 64.3 Å². The van der Waals surface area contributed by atoms with Crippen LogP contribution in [0.4, 0.5) is 23.2 Å². The largest absolute Gasteiger partial charge is 0.345 e. The van der Waals surface area contributed by atoms with Gasteiger partial charge in [0.1, 0.15) is 12.2 Å². The van der Waals surface area contributed by atoms with Gasteiger partial charge < -0.3 is 19.5 Å². The van der Waals surface area contributed by atoms with Crippen LogP contribution in [0, 0.1) is 5.92 Å². The van der Waals surface area contributed by atoms with Gasteiger partial charge in [-0.15, -0.1) is 10.2 Å². The van der Waals surface area contributed by atoms with E-state index in [0.717, 1.165) is 12.1 Å². The normalized spacial score (nSPS) is 20.8. The summed E-state index contributed by atoms with van der Waals surface area (Å²) in [5.41, 5.74) is 1.66. The molecule has 3 aromatic rings. The van der Waals surface area contributed by atoms with Gasteiger partial charge in [0.25, 0.3) is 12.3 Å². The second-order valence-corrected chi connectivity index (χ2v) is 10.8. The average molecular weight is 546 g/mol. The van der Waals surface area contributed by atoms with E-state index in [9.17, 15) is 22.4 Å². The number of alkyl halides is 4. The van der Waals surface area contributed by atoms with Gasteiger partial charge in [0.05, 0.1) is 18.1 Å². The molecule has 1 amide bonds. The summed E-state index contributed by atoms with van der Waals surface area (Å²) in [5.74, 6) is 0.648. The number of fused-ring (bicyclic) bond motifs is 1.